The first-order valence-electron chi connectivity index (χ1n) is 11.8. The van der Waals surface area contributed by atoms with Crippen LogP contribution in [0.1, 0.15) is 22.7 Å². The highest BCUT2D eigenvalue weighted by molar-refractivity contribution is 7.89. The zero-order chi connectivity index (χ0) is 26.0. The highest BCUT2D eigenvalue weighted by atomic mass is 32.2. The Balaban J connectivity index is 1.79. The van der Waals surface area contributed by atoms with Gasteiger partial charge in [0, 0.05) is 31.7 Å². The van der Waals surface area contributed by atoms with Crippen molar-refractivity contribution in [3.63, 3.8) is 0 Å². The summed E-state index contributed by atoms with van der Waals surface area (Å²) >= 11 is 0. The van der Waals surface area contributed by atoms with E-state index in [-0.39, 0.29) is 29.1 Å². The Hall–Kier alpha value is -3.05. The summed E-state index contributed by atoms with van der Waals surface area (Å²) in [5, 5.41) is 11.3. The van der Waals surface area contributed by atoms with Gasteiger partial charge >= 0.3 is 0 Å². The second kappa shape index (κ2) is 10.5. The molecule has 1 unspecified atom stereocenters. The second-order valence-corrected chi connectivity index (χ2v) is 11.2. The number of likely N-dealkylation sites (N-methyl/N-ethyl adjacent to an activating group) is 1. The van der Waals surface area contributed by atoms with E-state index in [0.29, 0.717) is 31.9 Å². The summed E-state index contributed by atoms with van der Waals surface area (Å²) in [4.78, 5) is 29.6. The lowest BCUT2D eigenvalue weighted by Crippen LogP contribution is -2.40. The van der Waals surface area contributed by atoms with Gasteiger partial charge in [0.1, 0.15) is 5.76 Å². The molecule has 36 heavy (non-hydrogen) atoms. The number of ether oxygens (including phenoxy) is 1. The van der Waals surface area contributed by atoms with E-state index in [9.17, 15) is 23.1 Å². The number of aliphatic hydroxyl groups is 1. The largest absolute Gasteiger partial charge is 0.507 e. The molecule has 9 nitrogen and oxygen atoms in total. The minimum atomic E-state index is -3.81. The Morgan fingerprint density at radius 3 is 2.39 bits per heavy atom. The minimum absolute atomic E-state index is 0.00201. The molecule has 1 N–H and O–H groups in total. The number of morpholine rings is 1. The van der Waals surface area contributed by atoms with Gasteiger partial charge in [-0.1, -0.05) is 42.0 Å². The molecular weight excluding hydrogens is 482 g/mol. The van der Waals surface area contributed by atoms with Crippen LogP contribution >= 0.6 is 0 Å². The number of sulfonamides is 1. The van der Waals surface area contributed by atoms with Crippen LogP contribution in [0, 0.1) is 6.92 Å². The van der Waals surface area contributed by atoms with Crippen LogP contribution in [-0.2, 0) is 24.3 Å². The van der Waals surface area contributed by atoms with Crippen molar-refractivity contribution in [1.29, 1.82) is 0 Å². The highest BCUT2D eigenvalue weighted by Crippen LogP contribution is 2.39. The molecule has 2 aromatic carbocycles. The Labute approximate surface area is 211 Å². The summed E-state index contributed by atoms with van der Waals surface area (Å²) in [5.41, 5.74) is 1.82. The molecule has 192 valence electrons. The SMILES string of the molecule is Cc1ccc(C2C(=C(O)c3cccc(S(=O)(=O)N4CCOCC4)c3)C(=O)C(=O)N2CCN(C)C)cc1. The van der Waals surface area contributed by atoms with Gasteiger partial charge < -0.3 is 19.6 Å². The molecule has 2 saturated heterocycles. The average molecular weight is 514 g/mol. The van der Waals surface area contributed by atoms with Gasteiger partial charge in [0.25, 0.3) is 11.7 Å². The van der Waals surface area contributed by atoms with E-state index in [0.717, 1.165) is 5.56 Å². The molecule has 0 bridgehead atoms. The van der Waals surface area contributed by atoms with Crippen LogP contribution in [0.5, 0.6) is 0 Å². The number of carbonyl (C=O) groups excluding carboxylic acids is 2. The van der Waals surface area contributed by atoms with Crippen molar-refractivity contribution in [1.82, 2.24) is 14.1 Å². The van der Waals surface area contributed by atoms with E-state index in [4.69, 9.17) is 4.74 Å². The molecule has 2 fully saturated rings. The molecule has 2 aromatic rings. The van der Waals surface area contributed by atoms with Crippen LogP contribution < -0.4 is 0 Å². The van der Waals surface area contributed by atoms with Crippen LogP contribution in [0.25, 0.3) is 5.76 Å². The lowest BCUT2D eigenvalue weighted by atomic mass is 9.95. The summed E-state index contributed by atoms with van der Waals surface area (Å²) in [7, 11) is -0.0676. The van der Waals surface area contributed by atoms with Gasteiger partial charge in [0.05, 0.1) is 29.7 Å². The predicted molar refractivity (Wildman–Crippen MR) is 135 cm³/mol. The van der Waals surface area contributed by atoms with Crippen molar-refractivity contribution in [3.8, 4) is 0 Å². The van der Waals surface area contributed by atoms with Crippen LogP contribution in [0.3, 0.4) is 0 Å². The van der Waals surface area contributed by atoms with Crippen molar-refractivity contribution in [2.75, 3.05) is 53.5 Å². The van der Waals surface area contributed by atoms with Crippen LogP contribution in [0.15, 0.2) is 59.0 Å². The maximum absolute atomic E-state index is 13.2. The van der Waals surface area contributed by atoms with Gasteiger partial charge in [-0.2, -0.15) is 4.31 Å². The molecule has 2 aliphatic heterocycles. The van der Waals surface area contributed by atoms with Gasteiger partial charge in [0.15, 0.2) is 0 Å². The number of aryl methyl sites for hydroxylation is 1. The third-order valence-corrected chi connectivity index (χ3v) is 8.33. The van der Waals surface area contributed by atoms with E-state index in [2.05, 4.69) is 0 Å². The molecule has 4 rings (SSSR count). The predicted octanol–water partition coefficient (Wildman–Crippen LogP) is 2.00. The smallest absolute Gasteiger partial charge is 0.295 e. The van der Waals surface area contributed by atoms with Gasteiger partial charge in [-0.15, -0.1) is 0 Å². The number of carbonyl (C=O) groups is 2. The number of hydrogen-bond donors (Lipinski definition) is 1. The quantitative estimate of drug-likeness (QED) is 0.343. The van der Waals surface area contributed by atoms with E-state index >= 15 is 0 Å². The fraction of sp³-hybridized carbons (Fsp3) is 0.385. The molecule has 1 atom stereocenters. The Morgan fingerprint density at radius 2 is 1.75 bits per heavy atom. The third-order valence-electron chi connectivity index (χ3n) is 6.44. The monoisotopic (exact) mass is 513 g/mol. The number of ketones is 1. The summed E-state index contributed by atoms with van der Waals surface area (Å²) in [5.74, 6) is -1.88. The molecule has 1 amide bonds. The maximum Gasteiger partial charge on any atom is 0.295 e. The molecule has 0 saturated carbocycles. The van der Waals surface area contributed by atoms with Crippen LogP contribution in [-0.4, -0.2) is 92.8 Å². The Bertz CT molecular complexity index is 1280. The fourth-order valence-corrected chi connectivity index (χ4v) is 5.86. The maximum atomic E-state index is 13.2. The van der Waals surface area contributed by atoms with Crippen molar-refractivity contribution in [2.45, 2.75) is 17.9 Å². The molecule has 0 aliphatic carbocycles. The number of amides is 1. The van der Waals surface area contributed by atoms with Gasteiger partial charge in [-0.05, 0) is 38.7 Å². The number of benzene rings is 2. The fourth-order valence-electron chi connectivity index (χ4n) is 4.41. The van der Waals surface area contributed by atoms with Crippen LogP contribution in [0.4, 0.5) is 0 Å². The third kappa shape index (κ3) is 5.08. The second-order valence-electron chi connectivity index (χ2n) is 9.25. The zero-order valence-corrected chi connectivity index (χ0v) is 21.5. The molecule has 0 spiro atoms. The first kappa shape index (κ1) is 26.0. The average Bonchev–Trinajstić information content (AvgIpc) is 3.13. The molecule has 10 heteroatoms. The summed E-state index contributed by atoms with van der Waals surface area (Å²) in [6.45, 7) is 3.86. The van der Waals surface area contributed by atoms with E-state index in [1.165, 1.54) is 33.5 Å². The summed E-state index contributed by atoms with van der Waals surface area (Å²) in [6, 6.07) is 12.5. The van der Waals surface area contributed by atoms with Crippen molar-refractivity contribution in [2.24, 2.45) is 0 Å². The number of Topliss-reactive ketones (excluding diaryl/α,β-unsaturated/α-hetero) is 1. The lowest BCUT2D eigenvalue weighted by Gasteiger charge is -2.27. The van der Waals surface area contributed by atoms with Gasteiger partial charge in [-0.3, -0.25) is 9.59 Å². The van der Waals surface area contributed by atoms with Crippen molar-refractivity contribution >= 4 is 27.5 Å². The normalized spacial score (nSPS) is 20.9. The minimum Gasteiger partial charge on any atom is -0.507 e. The van der Waals surface area contributed by atoms with Gasteiger partial charge in [0.2, 0.25) is 10.0 Å². The first-order chi connectivity index (χ1) is 17.1. The van der Waals surface area contributed by atoms with Crippen molar-refractivity contribution < 1.29 is 27.9 Å². The summed E-state index contributed by atoms with van der Waals surface area (Å²) < 4.78 is 32.9. The van der Waals surface area contributed by atoms with E-state index in [1.54, 1.807) is 0 Å². The van der Waals surface area contributed by atoms with Crippen molar-refractivity contribution in [3.05, 3.63) is 70.8 Å². The van der Waals surface area contributed by atoms with E-state index < -0.39 is 33.5 Å². The summed E-state index contributed by atoms with van der Waals surface area (Å²) in [6.07, 6.45) is 0. The molecule has 2 aliphatic rings. The number of aliphatic hydroxyl groups excluding tert-OH is 1. The Kier molecular flexibility index (Phi) is 7.60. The standard InChI is InChI=1S/C26H31N3O6S/c1-18-7-9-19(10-8-18)23-22(25(31)26(32)29(23)12-11-27(2)3)24(30)20-5-4-6-21(17-20)36(33,34)28-13-15-35-16-14-28/h4-10,17,23,30H,11-16H2,1-3H3. The number of likely N-dealkylation sites (tertiary alicyclic amines) is 1. The molecule has 0 aromatic heterocycles. The topological polar surface area (TPSA) is 107 Å². The molecular formula is C26H31N3O6S. The molecule has 0 radical (unpaired) electrons. The van der Waals surface area contributed by atoms with E-state index in [1.807, 2.05) is 50.2 Å². The number of hydrogen-bond acceptors (Lipinski definition) is 7. The van der Waals surface area contributed by atoms with Gasteiger partial charge in [-0.25, -0.2) is 8.42 Å². The number of rotatable bonds is 7. The van der Waals surface area contributed by atoms with Crippen LogP contribution in [0.2, 0.25) is 0 Å². The lowest BCUT2D eigenvalue weighted by molar-refractivity contribution is -0.140. The highest BCUT2D eigenvalue weighted by Gasteiger charge is 2.46. The first-order valence-corrected chi connectivity index (χ1v) is 13.2. The molecule has 2 heterocycles. The number of nitrogens with zero attached hydrogens (tertiary/aromatic N) is 3. The zero-order valence-electron chi connectivity index (χ0n) is 20.7. The Morgan fingerprint density at radius 1 is 1.08 bits per heavy atom.